The summed E-state index contributed by atoms with van der Waals surface area (Å²) < 4.78 is 0. The van der Waals surface area contributed by atoms with Crippen molar-refractivity contribution in [3.8, 4) is 0 Å². The molecule has 1 aromatic heterocycles. The molecule has 0 amide bonds. The highest BCUT2D eigenvalue weighted by Gasteiger charge is 2.06. The Morgan fingerprint density at radius 1 is 1.15 bits per heavy atom. The Morgan fingerprint density at radius 2 is 1.69 bits per heavy atom. The Hall–Kier alpha value is -0.960. The van der Waals surface area contributed by atoms with Crippen LogP contribution in [0.4, 0.5) is 0 Å². The van der Waals surface area contributed by atoms with Crippen molar-refractivity contribution in [2.45, 2.75) is 33.6 Å². The highest BCUT2D eigenvalue weighted by Crippen LogP contribution is 2.10. The summed E-state index contributed by atoms with van der Waals surface area (Å²) in [6.07, 6.45) is 1.52. The zero-order chi connectivity index (χ0) is 9.84. The van der Waals surface area contributed by atoms with Gasteiger partial charge in [-0.3, -0.25) is 0 Å². The normalized spacial score (nSPS) is 10.5. The van der Waals surface area contributed by atoms with E-state index in [2.05, 4.69) is 9.97 Å². The maximum atomic E-state index is 8.84. The number of hydrogen-bond donors (Lipinski definition) is 1. The van der Waals surface area contributed by atoms with Crippen LogP contribution in [0.25, 0.3) is 0 Å². The molecule has 1 heterocycles. The number of aromatic nitrogens is 2. The van der Waals surface area contributed by atoms with E-state index in [0.717, 1.165) is 29.2 Å². The molecule has 1 aromatic rings. The molecule has 72 valence electrons. The van der Waals surface area contributed by atoms with E-state index in [4.69, 9.17) is 5.11 Å². The van der Waals surface area contributed by atoms with Crippen LogP contribution in [0.1, 0.15) is 29.7 Å². The molecule has 0 aliphatic carbocycles. The number of aliphatic hydroxyl groups is 1. The van der Waals surface area contributed by atoms with Crippen molar-refractivity contribution in [3.63, 3.8) is 0 Å². The lowest BCUT2D eigenvalue weighted by atomic mass is 10.1. The molecule has 3 nitrogen and oxygen atoms in total. The summed E-state index contributed by atoms with van der Waals surface area (Å²) in [7, 11) is 0. The van der Waals surface area contributed by atoms with Gasteiger partial charge in [0.05, 0.1) is 0 Å². The summed E-state index contributed by atoms with van der Waals surface area (Å²) in [6, 6.07) is 0. The van der Waals surface area contributed by atoms with Gasteiger partial charge in [0, 0.05) is 24.4 Å². The van der Waals surface area contributed by atoms with Crippen LogP contribution in [0.2, 0.25) is 0 Å². The Bertz CT molecular complexity index is 274. The van der Waals surface area contributed by atoms with Crippen molar-refractivity contribution in [1.29, 1.82) is 0 Å². The number of rotatable bonds is 3. The van der Waals surface area contributed by atoms with E-state index < -0.39 is 0 Å². The van der Waals surface area contributed by atoms with Crippen LogP contribution in [0.5, 0.6) is 0 Å². The van der Waals surface area contributed by atoms with Crippen LogP contribution >= 0.6 is 0 Å². The molecule has 3 heteroatoms. The van der Waals surface area contributed by atoms with Gasteiger partial charge in [-0.05, 0) is 25.8 Å². The standard InChI is InChI=1S/C10H16N2O/c1-4-10-11-7(2)9(5-6-13)8(3)12-10/h13H,4-6H2,1-3H3. The molecule has 0 saturated carbocycles. The molecular formula is C10H16N2O. The monoisotopic (exact) mass is 180 g/mol. The molecular weight excluding hydrogens is 164 g/mol. The van der Waals surface area contributed by atoms with Crippen molar-refractivity contribution in [3.05, 3.63) is 22.8 Å². The largest absolute Gasteiger partial charge is 0.396 e. The van der Waals surface area contributed by atoms with Crippen LogP contribution < -0.4 is 0 Å². The zero-order valence-electron chi connectivity index (χ0n) is 8.46. The molecule has 1 N–H and O–H groups in total. The number of nitrogens with zero attached hydrogens (tertiary/aromatic N) is 2. The smallest absolute Gasteiger partial charge is 0.128 e. The van der Waals surface area contributed by atoms with Gasteiger partial charge in [-0.1, -0.05) is 6.92 Å². The molecule has 0 atom stereocenters. The molecule has 0 aliphatic rings. The molecule has 0 radical (unpaired) electrons. The Kier molecular flexibility index (Phi) is 3.37. The molecule has 0 fully saturated rings. The molecule has 0 spiro atoms. The molecule has 0 saturated heterocycles. The van der Waals surface area contributed by atoms with Gasteiger partial charge in [0.15, 0.2) is 0 Å². The van der Waals surface area contributed by atoms with E-state index in [9.17, 15) is 0 Å². The van der Waals surface area contributed by atoms with Crippen LogP contribution in [-0.4, -0.2) is 21.7 Å². The van der Waals surface area contributed by atoms with Crippen molar-refractivity contribution in [2.75, 3.05) is 6.61 Å². The number of aryl methyl sites for hydroxylation is 3. The van der Waals surface area contributed by atoms with Crippen molar-refractivity contribution >= 4 is 0 Å². The third-order valence-electron chi connectivity index (χ3n) is 2.15. The summed E-state index contributed by atoms with van der Waals surface area (Å²) in [4.78, 5) is 8.70. The first-order valence-corrected chi connectivity index (χ1v) is 4.62. The van der Waals surface area contributed by atoms with Gasteiger partial charge >= 0.3 is 0 Å². The predicted octanol–water partition coefficient (Wildman–Crippen LogP) is 1.19. The van der Waals surface area contributed by atoms with Crippen molar-refractivity contribution < 1.29 is 5.11 Å². The summed E-state index contributed by atoms with van der Waals surface area (Å²) in [5, 5.41) is 8.84. The van der Waals surface area contributed by atoms with Gasteiger partial charge in [0.1, 0.15) is 5.82 Å². The SMILES string of the molecule is CCc1nc(C)c(CCO)c(C)n1. The van der Waals surface area contributed by atoms with E-state index in [-0.39, 0.29) is 6.61 Å². The van der Waals surface area contributed by atoms with Crippen LogP contribution in [0.3, 0.4) is 0 Å². The minimum absolute atomic E-state index is 0.163. The highest BCUT2D eigenvalue weighted by atomic mass is 16.2. The fourth-order valence-corrected chi connectivity index (χ4v) is 1.44. The maximum Gasteiger partial charge on any atom is 0.128 e. The summed E-state index contributed by atoms with van der Waals surface area (Å²) >= 11 is 0. The topological polar surface area (TPSA) is 46.0 Å². The third-order valence-corrected chi connectivity index (χ3v) is 2.15. The maximum absolute atomic E-state index is 8.84. The van der Waals surface area contributed by atoms with Gasteiger partial charge in [-0.2, -0.15) is 0 Å². The van der Waals surface area contributed by atoms with E-state index in [1.807, 2.05) is 20.8 Å². The number of aliphatic hydroxyl groups excluding tert-OH is 1. The van der Waals surface area contributed by atoms with Gasteiger partial charge in [0.25, 0.3) is 0 Å². The summed E-state index contributed by atoms with van der Waals surface area (Å²) in [5.41, 5.74) is 3.08. The molecule has 1 rings (SSSR count). The lowest BCUT2D eigenvalue weighted by Gasteiger charge is -2.08. The van der Waals surface area contributed by atoms with Crippen LogP contribution in [0.15, 0.2) is 0 Å². The fourth-order valence-electron chi connectivity index (χ4n) is 1.44. The van der Waals surface area contributed by atoms with E-state index in [1.165, 1.54) is 0 Å². The second kappa shape index (κ2) is 4.33. The van der Waals surface area contributed by atoms with Crippen molar-refractivity contribution in [2.24, 2.45) is 0 Å². The second-order valence-corrected chi connectivity index (χ2v) is 3.12. The van der Waals surface area contributed by atoms with E-state index in [0.29, 0.717) is 6.42 Å². The van der Waals surface area contributed by atoms with Crippen LogP contribution in [0, 0.1) is 13.8 Å². The average molecular weight is 180 g/mol. The minimum atomic E-state index is 0.163. The molecule has 0 aliphatic heterocycles. The first kappa shape index (κ1) is 10.1. The minimum Gasteiger partial charge on any atom is -0.396 e. The first-order chi connectivity index (χ1) is 6.19. The van der Waals surface area contributed by atoms with Gasteiger partial charge in [0.2, 0.25) is 0 Å². The second-order valence-electron chi connectivity index (χ2n) is 3.12. The van der Waals surface area contributed by atoms with E-state index >= 15 is 0 Å². The number of hydrogen-bond acceptors (Lipinski definition) is 3. The third kappa shape index (κ3) is 2.25. The molecule has 0 aromatic carbocycles. The first-order valence-electron chi connectivity index (χ1n) is 4.62. The van der Waals surface area contributed by atoms with Gasteiger partial charge < -0.3 is 5.11 Å². The summed E-state index contributed by atoms with van der Waals surface area (Å²) in [5.74, 6) is 0.886. The Balaban J connectivity index is 3.07. The van der Waals surface area contributed by atoms with Crippen molar-refractivity contribution in [1.82, 2.24) is 9.97 Å². The highest BCUT2D eigenvalue weighted by molar-refractivity contribution is 5.24. The fraction of sp³-hybridized carbons (Fsp3) is 0.600. The van der Waals surface area contributed by atoms with E-state index in [1.54, 1.807) is 0 Å². The average Bonchev–Trinajstić information content (AvgIpc) is 2.11. The molecule has 0 bridgehead atoms. The molecule has 0 unspecified atom stereocenters. The van der Waals surface area contributed by atoms with Gasteiger partial charge in [-0.25, -0.2) is 9.97 Å². The quantitative estimate of drug-likeness (QED) is 0.760. The Labute approximate surface area is 78.9 Å². The van der Waals surface area contributed by atoms with Crippen LogP contribution in [-0.2, 0) is 12.8 Å². The summed E-state index contributed by atoms with van der Waals surface area (Å²) in [6.45, 7) is 6.15. The predicted molar refractivity (Wildman–Crippen MR) is 51.7 cm³/mol. The van der Waals surface area contributed by atoms with Gasteiger partial charge in [-0.15, -0.1) is 0 Å². The molecule has 13 heavy (non-hydrogen) atoms. The lowest BCUT2D eigenvalue weighted by Crippen LogP contribution is -2.06. The zero-order valence-corrected chi connectivity index (χ0v) is 8.46. The Morgan fingerprint density at radius 3 is 2.08 bits per heavy atom. The lowest BCUT2D eigenvalue weighted by molar-refractivity contribution is 0.298.